The second-order valence-corrected chi connectivity index (χ2v) is 17.0. The lowest BCUT2D eigenvalue weighted by Crippen LogP contribution is -2.50. The Hall–Kier alpha value is -4.08. The molecular formula is C44H46N4O2S2. The highest BCUT2D eigenvalue weighted by atomic mass is 32.1. The fourth-order valence-corrected chi connectivity index (χ4v) is 11.5. The standard InChI is InChI=1S/C44H46N4O2S2/c1-47-35-15-17-39(47)41(37(23-35)29-7-3-27(4-8-29)31-19-21-51-25-31)43(49)45-33-11-13-34(14-12-33)46-44(50)42-38(24-36-16-18-40(42)48(36)2)30-9-5-28(6-10-30)32-20-22-52-26-32/h3-14,19-22,25-26,35-42H,15-18,23-24H2,1-2H3,(H,45,49)(H,46,50)/t35?,36?,37-,38-,39?,40?,41-,42+/m1/s1. The number of anilines is 2. The van der Waals surface area contributed by atoms with E-state index >= 15 is 0 Å². The summed E-state index contributed by atoms with van der Waals surface area (Å²) >= 11 is 3.42. The van der Waals surface area contributed by atoms with Crippen LogP contribution in [0.25, 0.3) is 22.3 Å². The second-order valence-electron chi connectivity index (χ2n) is 15.5. The van der Waals surface area contributed by atoms with E-state index in [2.05, 4.69) is 117 Å². The van der Waals surface area contributed by atoms with Crippen LogP contribution >= 0.6 is 22.7 Å². The van der Waals surface area contributed by atoms with Gasteiger partial charge in [0.1, 0.15) is 0 Å². The summed E-state index contributed by atoms with van der Waals surface area (Å²) in [6.07, 6.45) is 6.36. The maximum atomic E-state index is 14.2. The van der Waals surface area contributed by atoms with Gasteiger partial charge in [-0.25, -0.2) is 0 Å². The first-order chi connectivity index (χ1) is 25.4. The van der Waals surface area contributed by atoms with Crippen molar-refractivity contribution in [1.82, 2.24) is 9.80 Å². The molecule has 8 atom stereocenters. The zero-order chi connectivity index (χ0) is 35.3. The number of benzene rings is 3. The molecule has 52 heavy (non-hydrogen) atoms. The Balaban J connectivity index is 0.898. The molecule has 4 aliphatic heterocycles. The molecule has 2 aromatic heterocycles. The van der Waals surface area contributed by atoms with Crippen LogP contribution in [-0.2, 0) is 9.59 Å². The van der Waals surface area contributed by atoms with Gasteiger partial charge in [-0.2, -0.15) is 22.7 Å². The van der Waals surface area contributed by atoms with Gasteiger partial charge in [0.2, 0.25) is 11.8 Å². The van der Waals surface area contributed by atoms with Crippen LogP contribution in [0.5, 0.6) is 0 Å². The van der Waals surface area contributed by atoms with Gasteiger partial charge < -0.3 is 10.6 Å². The number of carbonyl (C=O) groups is 2. The molecule has 4 unspecified atom stereocenters. The Morgan fingerprint density at radius 2 is 0.942 bits per heavy atom. The molecule has 3 aromatic carbocycles. The first kappa shape index (κ1) is 33.7. The van der Waals surface area contributed by atoms with Gasteiger partial charge in [-0.15, -0.1) is 0 Å². The van der Waals surface area contributed by atoms with Crippen molar-refractivity contribution in [3.63, 3.8) is 0 Å². The van der Waals surface area contributed by atoms with Gasteiger partial charge in [0.05, 0.1) is 11.8 Å². The quantitative estimate of drug-likeness (QED) is 0.167. The van der Waals surface area contributed by atoms with Gasteiger partial charge in [0.15, 0.2) is 0 Å². The summed E-state index contributed by atoms with van der Waals surface area (Å²) < 4.78 is 0. The Bertz CT molecular complexity index is 1860. The van der Waals surface area contributed by atoms with E-state index in [1.807, 2.05) is 24.3 Å². The Labute approximate surface area is 314 Å². The van der Waals surface area contributed by atoms with E-state index in [4.69, 9.17) is 0 Å². The lowest BCUT2D eigenvalue weighted by atomic mass is 9.75. The highest BCUT2D eigenvalue weighted by molar-refractivity contribution is 7.08. The lowest BCUT2D eigenvalue weighted by molar-refractivity contribution is -0.124. The molecule has 2 N–H and O–H groups in total. The van der Waals surface area contributed by atoms with Crippen LogP contribution in [-0.4, -0.2) is 59.9 Å². The number of piperidine rings is 2. The molecule has 4 aliphatic rings. The molecule has 6 heterocycles. The monoisotopic (exact) mass is 726 g/mol. The number of nitrogens with zero attached hydrogens (tertiary/aromatic N) is 2. The van der Waals surface area contributed by atoms with Crippen molar-refractivity contribution in [3.8, 4) is 22.3 Å². The molecule has 5 aromatic rings. The van der Waals surface area contributed by atoms with Crippen LogP contribution in [0.3, 0.4) is 0 Å². The van der Waals surface area contributed by atoms with E-state index in [1.54, 1.807) is 22.7 Å². The third-order valence-corrected chi connectivity index (χ3v) is 14.3. The van der Waals surface area contributed by atoms with E-state index < -0.39 is 0 Å². The molecule has 4 bridgehead atoms. The average molecular weight is 727 g/mol. The van der Waals surface area contributed by atoms with E-state index in [9.17, 15) is 9.59 Å². The molecule has 266 valence electrons. The van der Waals surface area contributed by atoms with E-state index in [-0.39, 0.29) is 47.6 Å². The zero-order valence-corrected chi connectivity index (χ0v) is 31.4. The summed E-state index contributed by atoms with van der Waals surface area (Å²) in [7, 11) is 4.38. The normalized spacial score (nSPS) is 28.5. The number of hydrogen-bond acceptors (Lipinski definition) is 6. The molecular weight excluding hydrogens is 681 g/mol. The summed E-state index contributed by atoms with van der Waals surface area (Å²) in [6, 6.07) is 31.3. The Morgan fingerprint density at radius 3 is 1.31 bits per heavy atom. The van der Waals surface area contributed by atoms with Gasteiger partial charge in [-0.1, -0.05) is 48.5 Å². The van der Waals surface area contributed by atoms with Crippen molar-refractivity contribution in [2.75, 3.05) is 24.7 Å². The number of rotatable bonds is 8. The molecule has 0 aliphatic carbocycles. The number of carbonyl (C=O) groups excluding carboxylic acids is 2. The number of hydrogen-bond donors (Lipinski definition) is 2. The first-order valence-electron chi connectivity index (χ1n) is 18.8. The molecule has 6 nitrogen and oxygen atoms in total. The molecule has 4 saturated heterocycles. The van der Waals surface area contributed by atoms with Crippen molar-refractivity contribution in [1.29, 1.82) is 0 Å². The van der Waals surface area contributed by atoms with E-state index in [0.29, 0.717) is 12.1 Å². The van der Waals surface area contributed by atoms with Crippen LogP contribution in [0.1, 0.15) is 61.5 Å². The van der Waals surface area contributed by atoms with Gasteiger partial charge in [-0.05, 0) is 156 Å². The molecule has 0 saturated carbocycles. The lowest BCUT2D eigenvalue weighted by Gasteiger charge is -2.42. The topological polar surface area (TPSA) is 64.7 Å². The van der Waals surface area contributed by atoms with Crippen LogP contribution in [0.15, 0.2) is 106 Å². The first-order valence-corrected chi connectivity index (χ1v) is 20.7. The Morgan fingerprint density at radius 1 is 0.538 bits per heavy atom. The molecule has 0 spiro atoms. The van der Waals surface area contributed by atoms with Gasteiger partial charge in [0.25, 0.3) is 0 Å². The molecule has 2 amide bonds. The summed E-state index contributed by atoms with van der Waals surface area (Å²) in [5.74, 6) is 0.235. The van der Waals surface area contributed by atoms with Gasteiger partial charge in [-0.3, -0.25) is 19.4 Å². The molecule has 0 radical (unpaired) electrons. The highest BCUT2D eigenvalue weighted by Crippen LogP contribution is 2.48. The predicted molar refractivity (Wildman–Crippen MR) is 214 cm³/mol. The van der Waals surface area contributed by atoms with Crippen LogP contribution in [0.4, 0.5) is 11.4 Å². The molecule has 4 fully saturated rings. The van der Waals surface area contributed by atoms with Crippen LogP contribution in [0, 0.1) is 11.8 Å². The minimum absolute atomic E-state index is 0.0785. The second kappa shape index (κ2) is 14.0. The zero-order valence-electron chi connectivity index (χ0n) is 29.8. The van der Waals surface area contributed by atoms with E-state index in [0.717, 1.165) is 49.9 Å². The third kappa shape index (κ3) is 6.23. The highest BCUT2D eigenvalue weighted by Gasteiger charge is 2.50. The number of amides is 2. The third-order valence-electron chi connectivity index (χ3n) is 12.9. The summed E-state index contributed by atoms with van der Waals surface area (Å²) in [5.41, 5.74) is 8.95. The van der Waals surface area contributed by atoms with Crippen LogP contribution in [0.2, 0.25) is 0 Å². The maximum absolute atomic E-state index is 14.2. The maximum Gasteiger partial charge on any atom is 0.229 e. The molecule has 9 rings (SSSR count). The fourth-order valence-electron chi connectivity index (χ4n) is 10.1. The van der Waals surface area contributed by atoms with Crippen molar-refractivity contribution in [2.24, 2.45) is 11.8 Å². The summed E-state index contributed by atoms with van der Waals surface area (Å²) in [4.78, 5) is 33.2. The van der Waals surface area contributed by atoms with Crippen LogP contribution < -0.4 is 10.6 Å². The number of fused-ring (bicyclic) bond motifs is 4. The summed E-state index contributed by atoms with van der Waals surface area (Å²) in [6.45, 7) is 0. The van der Waals surface area contributed by atoms with Gasteiger partial charge in [0, 0.05) is 35.5 Å². The largest absolute Gasteiger partial charge is 0.326 e. The predicted octanol–water partition coefficient (Wildman–Crippen LogP) is 9.55. The van der Waals surface area contributed by atoms with Crippen molar-refractivity contribution in [3.05, 3.63) is 118 Å². The van der Waals surface area contributed by atoms with Crippen molar-refractivity contribution < 1.29 is 9.59 Å². The van der Waals surface area contributed by atoms with Gasteiger partial charge >= 0.3 is 0 Å². The SMILES string of the molecule is CN1C2CCC1[C@@H](C(=O)Nc1ccc(NC(=O)[C@H]3C4CCC(C[C@@H]3c3ccc(-c5ccsc5)cc3)N4C)cc1)[C@@H](c1ccc(-c3ccsc3)cc1)C2. The van der Waals surface area contributed by atoms with Crippen molar-refractivity contribution >= 4 is 45.9 Å². The van der Waals surface area contributed by atoms with Crippen molar-refractivity contribution in [2.45, 2.75) is 74.5 Å². The van der Waals surface area contributed by atoms with E-state index in [1.165, 1.54) is 33.4 Å². The summed E-state index contributed by atoms with van der Waals surface area (Å²) in [5, 5.41) is 15.1. The number of nitrogens with one attached hydrogen (secondary N) is 2. The number of thiophene rings is 2. The Kier molecular flexibility index (Phi) is 9.11. The molecule has 8 heteroatoms. The average Bonchev–Trinajstić information content (AvgIpc) is 3.98. The minimum atomic E-state index is -0.134. The smallest absolute Gasteiger partial charge is 0.229 e. The minimum Gasteiger partial charge on any atom is -0.326 e. The fraction of sp³-hybridized carbons (Fsp3) is 0.364.